The topological polar surface area (TPSA) is 46.0 Å². The molecular formula is C20H26ClN3O2. The van der Waals surface area contributed by atoms with E-state index in [2.05, 4.69) is 12.2 Å². The van der Waals surface area contributed by atoms with Gasteiger partial charge in [-0.3, -0.25) is 0 Å². The van der Waals surface area contributed by atoms with E-state index in [1.54, 1.807) is 0 Å². The minimum atomic E-state index is -0.0153. The second-order valence-electron chi connectivity index (χ2n) is 6.47. The number of nitrogens with zero attached hydrogens (tertiary/aromatic N) is 1. The van der Waals surface area contributed by atoms with Gasteiger partial charge in [-0.1, -0.05) is 36.4 Å². The molecule has 1 unspecified atom stereocenters. The molecule has 2 aromatic rings. The van der Waals surface area contributed by atoms with Crippen LogP contribution in [0.2, 0.25) is 0 Å². The van der Waals surface area contributed by atoms with E-state index in [1.807, 2.05) is 65.6 Å². The summed E-state index contributed by atoms with van der Waals surface area (Å²) in [6, 6.07) is 19.9. The second-order valence-corrected chi connectivity index (χ2v) is 6.47. The maximum Gasteiger partial charge on any atom is 0.322 e. The highest BCUT2D eigenvalue weighted by Crippen LogP contribution is 2.08. The number of urea groups is 1. The molecule has 0 aromatic heterocycles. The summed E-state index contributed by atoms with van der Waals surface area (Å²) in [5.41, 5.74) is 0.840. The standard InChI is InChI=1S/C20H25N3O2.ClH/c1-17(16-25-19-10-6-3-7-11-19)22-12-14-23(15-13-22)20(24)21-18-8-4-2-5-9-18;/h2-11,17H,12-16H2,1H3,(H,21,24);1H. The van der Waals surface area contributed by atoms with Gasteiger partial charge in [0.05, 0.1) is 26.2 Å². The van der Waals surface area contributed by atoms with Crippen molar-refractivity contribution < 1.29 is 26.8 Å². The lowest BCUT2D eigenvalue weighted by atomic mass is 10.2. The van der Waals surface area contributed by atoms with Crippen molar-refractivity contribution in [2.24, 2.45) is 0 Å². The van der Waals surface area contributed by atoms with Gasteiger partial charge in [0.25, 0.3) is 0 Å². The molecule has 1 heterocycles. The van der Waals surface area contributed by atoms with E-state index in [0.29, 0.717) is 12.6 Å². The Morgan fingerprint density at radius 1 is 1.08 bits per heavy atom. The fraction of sp³-hybridized carbons (Fsp3) is 0.350. The predicted molar refractivity (Wildman–Crippen MR) is 99.1 cm³/mol. The summed E-state index contributed by atoms with van der Waals surface area (Å²) in [5, 5.41) is 2.96. The van der Waals surface area contributed by atoms with Crippen molar-refractivity contribution in [3.63, 3.8) is 0 Å². The van der Waals surface area contributed by atoms with Crippen LogP contribution in [0.15, 0.2) is 60.7 Å². The Morgan fingerprint density at radius 2 is 1.65 bits per heavy atom. The first-order valence-corrected chi connectivity index (χ1v) is 8.86. The minimum Gasteiger partial charge on any atom is -1.00 e. The number of hydrogen-bond acceptors (Lipinski definition) is 2. The summed E-state index contributed by atoms with van der Waals surface area (Å²) in [6.07, 6.45) is 0. The van der Waals surface area contributed by atoms with Gasteiger partial charge < -0.3 is 32.3 Å². The van der Waals surface area contributed by atoms with Crippen LogP contribution in [0, 0.1) is 0 Å². The predicted octanol–water partition coefficient (Wildman–Crippen LogP) is -1.11. The van der Waals surface area contributed by atoms with Gasteiger partial charge in [-0.15, -0.1) is 0 Å². The van der Waals surface area contributed by atoms with Crippen molar-refractivity contribution >= 4 is 11.7 Å². The first-order valence-electron chi connectivity index (χ1n) is 8.86. The van der Waals surface area contributed by atoms with Crippen LogP contribution in [0.25, 0.3) is 0 Å². The van der Waals surface area contributed by atoms with Crippen LogP contribution < -0.4 is 27.4 Å². The largest absolute Gasteiger partial charge is 1.00 e. The summed E-state index contributed by atoms with van der Waals surface area (Å²) >= 11 is 0. The number of nitrogens with one attached hydrogen (secondary N) is 2. The highest BCUT2D eigenvalue weighted by molar-refractivity contribution is 5.89. The second kappa shape index (κ2) is 10.0. The number of amides is 2. The van der Waals surface area contributed by atoms with Crippen molar-refractivity contribution in [3.05, 3.63) is 60.7 Å². The van der Waals surface area contributed by atoms with Crippen LogP contribution in [0.4, 0.5) is 10.5 Å². The molecule has 1 aliphatic rings. The number of anilines is 1. The fourth-order valence-corrected chi connectivity index (χ4v) is 3.07. The number of quaternary nitrogens is 1. The molecule has 0 aliphatic carbocycles. The number of para-hydroxylation sites is 2. The average Bonchev–Trinajstić information content (AvgIpc) is 2.68. The Kier molecular flexibility index (Phi) is 7.75. The number of rotatable bonds is 5. The fourth-order valence-electron chi connectivity index (χ4n) is 3.07. The lowest BCUT2D eigenvalue weighted by Crippen LogP contribution is -3.18. The lowest BCUT2D eigenvalue weighted by molar-refractivity contribution is -0.927. The highest BCUT2D eigenvalue weighted by atomic mass is 35.5. The number of carbonyl (C=O) groups excluding carboxylic acids is 1. The molecular weight excluding hydrogens is 350 g/mol. The molecule has 6 heteroatoms. The monoisotopic (exact) mass is 375 g/mol. The van der Waals surface area contributed by atoms with Gasteiger partial charge in [-0.05, 0) is 31.2 Å². The van der Waals surface area contributed by atoms with Crippen molar-refractivity contribution in [2.75, 3.05) is 38.1 Å². The van der Waals surface area contributed by atoms with E-state index in [4.69, 9.17) is 4.74 Å². The van der Waals surface area contributed by atoms with Crippen molar-refractivity contribution in [1.82, 2.24) is 4.90 Å². The lowest BCUT2D eigenvalue weighted by Gasteiger charge is -2.35. The van der Waals surface area contributed by atoms with Crippen molar-refractivity contribution in [3.8, 4) is 5.75 Å². The zero-order valence-electron chi connectivity index (χ0n) is 15.0. The quantitative estimate of drug-likeness (QED) is 0.696. The molecule has 26 heavy (non-hydrogen) atoms. The van der Waals surface area contributed by atoms with E-state index in [1.165, 1.54) is 4.90 Å². The Hall–Kier alpha value is -2.24. The van der Waals surface area contributed by atoms with Crippen LogP contribution in [0.1, 0.15) is 6.92 Å². The van der Waals surface area contributed by atoms with Gasteiger partial charge in [0, 0.05) is 5.69 Å². The molecule has 5 nitrogen and oxygen atoms in total. The zero-order valence-corrected chi connectivity index (χ0v) is 15.8. The Bertz CT molecular complexity index is 661. The van der Waals surface area contributed by atoms with Crippen LogP contribution in [0.3, 0.4) is 0 Å². The average molecular weight is 376 g/mol. The molecule has 2 N–H and O–H groups in total. The Morgan fingerprint density at radius 3 is 2.27 bits per heavy atom. The Balaban J connectivity index is 0.00000243. The molecule has 1 aliphatic heterocycles. The minimum absolute atomic E-state index is 0. The first-order chi connectivity index (χ1) is 12.2. The Labute approximate surface area is 161 Å². The summed E-state index contributed by atoms with van der Waals surface area (Å²) in [5.74, 6) is 0.912. The molecule has 2 amide bonds. The maximum absolute atomic E-state index is 12.3. The van der Waals surface area contributed by atoms with Crippen molar-refractivity contribution in [1.29, 1.82) is 0 Å². The molecule has 1 atom stereocenters. The van der Waals surface area contributed by atoms with Gasteiger partial charge in [0.15, 0.2) is 0 Å². The van der Waals surface area contributed by atoms with Gasteiger partial charge in [-0.2, -0.15) is 0 Å². The summed E-state index contributed by atoms with van der Waals surface area (Å²) in [7, 11) is 0. The SMILES string of the molecule is CC(COc1ccccc1)[NH+]1CCN(C(=O)Nc2ccccc2)CC1.[Cl-]. The molecule has 1 fully saturated rings. The normalized spacial score (nSPS) is 15.7. The summed E-state index contributed by atoms with van der Waals surface area (Å²) < 4.78 is 5.86. The van der Waals surface area contributed by atoms with Crippen LogP contribution in [-0.2, 0) is 0 Å². The van der Waals surface area contributed by atoms with E-state index < -0.39 is 0 Å². The summed E-state index contributed by atoms with van der Waals surface area (Å²) in [4.78, 5) is 15.7. The maximum atomic E-state index is 12.3. The van der Waals surface area contributed by atoms with Crippen molar-refractivity contribution in [2.45, 2.75) is 13.0 Å². The van der Waals surface area contributed by atoms with Crippen LogP contribution in [0.5, 0.6) is 5.75 Å². The molecule has 0 spiro atoms. The van der Waals surface area contributed by atoms with E-state index in [0.717, 1.165) is 37.6 Å². The number of ether oxygens (including phenoxy) is 1. The molecule has 0 bridgehead atoms. The zero-order chi connectivity index (χ0) is 17.5. The smallest absolute Gasteiger partial charge is 0.322 e. The van der Waals surface area contributed by atoms with Gasteiger partial charge in [0.1, 0.15) is 18.4 Å². The van der Waals surface area contributed by atoms with Gasteiger partial charge in [0.2, 0.25) is 0 Å². The summed E-state index contributed by atoms with van der Waals surface area (Å²) in [6.45, 7) is 6.32. The number of halogens is 1. The number of hydrogen-bond donors (Lipinski definition) is 2. The third-order valence-electron chi connectivity index (χ3n) is 4.66. The molecule has 1 saturated heterocycles. The third-order valence-corrected chi connectivity index (χ3v) is 4.66. The molecule has 0 saturated carbocycles. The first kappa shape index (κ1) is 20.1. The highest BCUT2D eigenvalue weighted by Gasteiger charge is 2.27. The number of carbonyl (C=O) groups is 1. The van der Waals surface area contributed by atoms with Gasteiger partial charge in [-0.25, -0.2) is 4.79 Å². The molecule has 140 valence electrons. The van der Waals surface area contributed by atoms with E-state index in [9.17, 15) is 4.79 Å². The third kappa shape index (κ3) is 5.64. The number of benzene rings is 2. The van der Waals surface area contributed by atoms with Crippen LogP contribution in [-0.4, -0.2) is 49.8 Å². The molecule has 3 rings (SSSR count). The van der Waals surface area contributed by atoms with E-state index >= 15 is 0 Å². The van der Waals surface area contributed by atoms with Crippen LogP contribution >= 0.6 is 0 Å². The number of piperazine rings is 1. The van der Waals surface area contributed by atoms with Gasteiger partial charge >= 0.3 is 6.03 Å². The molecule has 0 radical (unpaired) electrons. The molecule has 2 aromatic carbocycles. The van der Waals surface area contributed by atoms with E-state index in [-0.39, 0.29) is 18.4 Å².